The fourth-order valence-electron chi connectivity index (χ4n) is 1.90. The van der Waals surface area contributed by atoms with Crippen LogP contribution in [0.15, 0.2) is 24.3 Å². The van der Waals surface area contributed by atoms with Gasteiger partial charge in [-0.2, -0.15) is 0 Å². The molecule has 4 heteroatoms. The monoisotopic (exact) mass is 278 g/mol. The summed E-state index contributed by atoms with van der Waals surface area (Å²) >= 11 is 0. The highest BCUT2D eigenvalue weighted by Crippen LogP contribution is 2.30. The predicted molar refractivity (Wildman–Crippen MR) is 81.9 cm³/mol. The van der Waals surface area contributed by atoms with E-state index >= 15 is 0 Å². The molecule has 0 fully saturated rings. The molecule has 112 valence electrons. The van der Waals surface area contributed by atoms with E-state index in [2.05, 4.69) is 26.1 Å². The molecular formula is C16H26N2O2. The maximum Gasteiger partial charge on any atom is 0.257 e. The van der Waals surface area contributed by atoms with Crippen molar-refractivity contribution >= 4 is 5.91 Å². The molecule has 1 aromatic rings. The molecule has 0 saturated heterocycles. The summed E-state index contributed by atoms with van der Waals surface area (Å²) < 4.78 is 5.65. The van der Waals surface area contributed by atoms with Crippen LogP contribution < -0.4 is 15.8 Å². The molecule has 4 nitrogen and oxygen atoms in total. The van der Waals surface area contributed by atoms with E-state index in [1.807, 2.05) is 24.3 Å². The number of para-hydroxylation sites is 1. The average Bonchev–Trinajstić information content (AvgIpc) is 2.40. The lowest BCUT2D eigenvalue weighted by Gasteiger charge is -2.22. The molecule has 0 atom stereocenters. The number of benzene rings is 1. The Bertz CT molecular complexity index is 425. The summed E-state index contributed by atoms with van der Waals surface area (Å²) in [7, 11) is 0. The second kappa shape index (κ2) is 7.90. The largest absolute Gasteiger partial charge is 0.483 e. The van der Waals surface area contributed by atoms with Crippen molar-refractivity contribution in [3.63, 3.8) is 0 Å². The summed E-state index contributed by atoms with van der Waals surface area (Å²) in [6.07, 6.45) is 1.83. The van der Waals surface area contributed by atoms with E-state index in [-0.39, 0.29) is 17.9 Å². The van der Waals surface area contributed by atoms with Crippen LogP contribution in [-0.2, 0) is 10.2 Å². The van der Waals surface area contributed by atoms with E-state index in [0.29, 0.717) is 13.1 Å². The Morgan fingerprint density at radius 3 is 2.60 bits per heavy atom. The van der Waals surface area contributed by atoms with Crippen LogP contribution >= 0.6 is 0 Å². The number of carbonyl (C=O) groups excluding carboxylic acids is 1. The third-order valence-corrected chi connectivity index (χ3v) is 3.01. The van der Waals surface area contributed by atoms with Gasteiger partial charge in [0.2, 0.25) is 0 Å². The van der Waals surface area contributed by atoms with Crippen LogP contribution in [0.25, 0.3) is 0 Å². The lowest BCUT2D eigenvalue weighted by Crippen LogP contribution is -2.30. The number of hydrogen-bond donors (Lipinski definition) is 2. The molecule has 1 amide bonds. The number of carbonyl (C=O) groups is 1. The van der Waals surface area contributed by atoms with E-state index in [1.165, 1.54) is 0 Å². The van der Waals surface area contributed by atoms with Gasteiger partial charge in [-0.15, -0.1) is 0 Å². The average molecular weight is 278 g/mol. The Morgan fingerprint density at radius 2 is 1.95 bits per heavy atom. The predicted octanol–water partition coefficient (Wildman–Crippen LogP) is 2.22. The summed E-state index contributed by atoms with van der Waals surface area (Å²) in [6, 6.07) is 7.85. The van der Waals surface area contributed by atoms with Crippen molar-refractivity contribution in [3.05, 3.63) is 29.8 Å². The number of ether oxygens (including phenoxy) is 1. The van der Waals surface area contributed by atoms with Crippen molar-refractivity contribution in [2.24, 2.45) is 5.73 Å². The summed E-state index contributed by atoms with van der Waals surface area (Å²) in [4.78, 5) is 11.7. The number of amides is 1. The molecule has 0 aromatic heterocycles. The van der Waals surface area contributed by atoms with Crippen LogP contribution in [0.3, 0.4) is 0 Å². The zero-order valence-electron chi connectivity index (χ0n) is 12.7. The maximum atomic E-state index is 11.7. The standard InChI is InChI=1S/C16H26N2O2/c1-16(2,3)13-8-4-5-9-14(13)20-12-15(19)18-11-7-6-10-17/h4-5,8-9H,6-7,10-12,17H2,1-3H3,(H,18,19). The minimum absolute atomic E-state index is 0.00576. The molecular weight excluding hydrogens is 252 g/mol. The first-order chi connectivity index (χ1) is 9.45. The Hall–Kier alpha value is -1.55. The van der Waals surface area contributed by atoms with Gasteiger partial charge in [-0.25, -0.2) is 0 Å². The second-order valence-electron chi connectivity index (χ2n) is 5.88. The highest BCUT2D eigenvalue weighted by molar-refractivity contribution is 5.77. The Labute approximate surface area is 121 Å². The van der Waals surface area contributed by atoms with Crippen LogP contribution in [-0.4, -0.2) is 25.6 Å². The molecule has 3 N–H and O–H groups in total. The first kappa shape index (κ1) is 16.5. The summed E-state index contributed by atoms with van der Waals surface area (Å²) in [5.74, 6) is 0.683. The van der Waals surface area contributed by atoms with Gasteiger partial charge in [0.1, 0.15) is 5.75 Å². The van der Waals surface area contributed by atoms with E-state index in [1.54, 1.807) is 0 Å². The minimum atomic E-state index is -0.0919. The Morgan fingerprint density at radius 1 is 1.25 bits per heavy atom. The number of nitrogens with one attached hydrogen (secondary N) is 1. The number of nitrogens with two attached hydrogens (primary N) is 1. The van der Waals surface area contributed by atoms with Crippen LogP contribution in [0.4, 0.5) is 0 Å². The van der Waals surface area contributed by atoms with Gasteiger partial charge in [0.15, 0.2) is 6.61 Å². The van der Waals surface area contributed by atoms with Gasteiger partial charge in [0.05, 0.1) is 0 Å². The summed E-state index contributed by atoms with van der Waals surface area (Å²) in [5.41, 5.74) is 6.50. The molecule has 1 aromatic carbocycles. The van der Waals surface area contributed by atoms with Gasteiger partial charge in [0.25, 0.3) is 5.91 Å². The number of rotatable bonds is 7. The molecule has 1 rings (SSSR count). The fraction of sp³-hybridized carbons (Fsp3) is 0.562. The second-order valence-corrected chi connectivity index (χ2v) is 5.88. The van der Waals surface area contributed by atoms with Crippen LogP contribution in [0.1, 0.15) is 39.2 Å². The maximum absolute atomic E-state index is 11.7. The Kier molecular flexibility index (Phi) is 6.52. The van der Waals surface area contributed by atoms with Crippen molar-refractivity contribution in [1.82, 2.24) is 5.32 Å². The van der Waals surface area contributed by atoms with E-state index in [9.17, 15) is 4.79 Å². The lowest BCUT2D eigenvalue weighted by molar-refractivity contribution is -0.123. The lowest BCUT2D eigenvalue weighted by atomic mass is 9.86. The zero-order valence-corrected chi connectivity index (χ0v) is 12.7. The van der Waals surface area contributed by atoms with Crippen LogP contribution in [0, 0.1) is 0 Å². The third-order valence-electron chi connectivity index (χ3n) is 3.01. The molecule has 0 saturated carbocycles. The normalized spacial score (nSPS) is 11.2. The highest BCUT2D eigenvalue weighted by atomic mass is 16.5. The molecule has 0 heterocycles. The molecule has 0 spiro atoms. The fourth-order valence-corrected chi connectivity index (χ4v) is 1.90. The highest BCUT2D eigenvalue weighted by Gasteiger charge is 2.18. The molecule has 0 radical (unpaired) electrons. The van der Waals surface area contributed by atoms with Crippen molar-refractivity contribution in [1.29, 1.82) is 0 Å². The van der Waals surface area contributed by atoms with Gasteiger partial charge in [-0.3, -0.25) is 4.79 Å². The van der Waals surface area contributed by atoms with Crippen molar-refractivity contribution in [2.45, 2.75) is 39.0 Å². The van der Waals surface area contributed by atoms with Crippen LogP contribution in [0.2, 0.25) is 0 Å². The first-order valence-electron chi connectivity index (χ1n) is 7.14. The molecule has 0 unspecified atom stereocenters. The first-order valence-corrected chi connectivity index (χ1v) is 7.14. The van der Waals surface area contributed by atoms with Gasteiger partial charge in [0, 0.05) is 6.54 Å². The SMILES string of the molecule is CC(C)(C)c1ccccc1OCC(=O)NCCCCN. The quantitative estimate of drug-likeness (QED) is 0.752. The van der Waals surface area contributed by atoms with Crippen molar-refractivity contribution < 1.29 is 9.53 Å². The molecule has 0 aliphatic rings. The van der Waals surface area contributed by atoms with E-state index in [4.69, 9.17) is 10.5 Å². The summed E-state index contributed by atoms with van der Waals surface area (Å²) in [6.45, 7) is 7.74. The zero-order chi connectivity index (χ0) is 15.0. The van der Waals surface area contributed by atoms with Crippen molar-refractivity contribution in [2.75, 3.05) is 19.7 Å². The number of unbranched alkanes of at least 4 members (excludes halogenated alkanes) is 1. The molecule has 20 heavy (non-hydrogen) atoms. The van der Waals surface area contributed by atoms with Gasteiger partial charge in [-0.1, -0.05) is 39.0 Å². The van der Waals surface area contributed by atoms with Gasteiger partial charge >= 0.3 is 0 Å². The van der Waals surface area contributed by atoms with Crippen LogP contribution in [0.5, 0.6) is 5.75 Å². The molecule has 0 aliphatic carbocycles. The summed E-state index contributed by atoms with van der Waals surface area (Å²) in [5, 5.41) is 2.83. The smallest absolute Gasteiger partial charge is 0.257 e. The molecule has 0 bridgehead atoms. The van der Waals surface area contributed by atoms with Gasteiger partial charge in [-0.05, 0) is 36.4 Å². The minimum Gasteiger partial charge on any atom is -0.483 e. The van der Waals surface area contributed by atoms with E-state index in [0.717, 1.165) is 24.2 Å². The van der Waals surface area contributed by atoms with E-state index < -0.39 is 0 Å². The number of hydrogen-bond acceptors (Lipinski definition) is 3. The third kappa shape index (κ3) is 5.61. The topological polar surface area (TPSA) is 64.3 Å². The molecule has 0 aliphatic heterocycles. The van der Waals surface area contributed by atoms with Crippen molar-refractivity contribution in [3.8, 4) is 5.75 Å². The Balaban J connectivity index is 2.48. The van der Waals surface area contributed by atoms with Gasteiger partial charge < -0.3 is 15.8 Å².